The highest BCUT2D eigenvalue weighted by Crippen LogP contribution is 2.19. The number of hydrogen-bond donors (Lipinski definition) is 1. The molecule has 0 atom stereocenters. The van der Waals surface area contributed by atoms with Crippen molar-refractivity contribution in [1.82, 2.24) is 10.1 Å². The van der Waals surface area contributed by atoms with Crippen molar-refractivity contribution in [3.05, 3.63) is 71.1 Å². The average Bonchev–Trinajstić information content (AvgIpc) is 3.13. The molecule has 1 N–H and O–H groups in total. The van der Waals surface area contributed by atoms with Crippen molar-refractivity contribution in [3.63, 3.8) is 0 Å². The molecule has 168 valence electrons. The van der Waals surface area contributed by atoms with Gasteiger partial charge in [0, 0.05) is 17.8 Å². The van der Waals surface area contributed by atoms with E-state index in [1.165, 1.54) is 4.90 Å². The number of rotatable bonds is 9. The molecule has 8 heteroatoms. The molecule has 8 nitrogen and oxygen atoms in total. The molecule has 3 aromatic rings. The van der Waals surface area contributed by atoms with E-state index in [2.05, 4.69) is 10.5 Å². The van der Waals surface area contributed by atoms with Gasteiger partial charge in [-0.1, -0.05) is 5.16 Å². The zero-order valence-electron chi connectivity index (χ0n) is 18.7. The first-order chi connectivity index (χ1) is 15.4. The zero-order chi connectivity index (χ0) is 23.1. The van der Waals surface area contributed by atoms with Crippen LogP contribution in [0.2, 0.25) is 0 Å². The van der Waals surface area contributed by atoms with E-state index in [4.69, 9.17) is 14.0 Å². The number of aromatic nitrogens is 1. The van der Waals surface area contributed by atoms with Gasteiger partial charge >= 0.3 is 0 Å². The van der Waals surface area contributed by atoms with Crippen LogP contribution in [0.5, 0.6) is 11.5 Å². The predicted molar refractivity (Wildman–Crippen MR) is 120 cm³/mol. The maximum atomic E-state index is 12.9. The van der Waals surface area contributed by atoms with Gasteiger partial charge in [-0.3, -0.25) is 9.59 Å². The summed E-state index contributed by atoms with van der Waals surface area (Å²) < 4.78 is 16.0. The molecule has 3 rings (SSSR count). The van der Waals surface area contributed by atoms with Gasteiger partial charge in [-0.05, 0) is 69.3 Å². The lowest BCUT2D eigenvalue weighted by molar-refractivity contribution is -0.116. The van der Waals surface area contributed by atoms with Crippen LogP contribution < -0.4 is 14.8 Å². The van der Waals surface area contributed by atoms with Crippen LogP contribution >= 0.6 is 0 Å². The summed E-state index contributed by atoms with van der Waals surface area (Å²) in [6.45, 7) is 6.22. The summed E-state index contributed by atoms with van der Waals surface area (Å²) in [4.78, 5) is 26.8. The largest absolute Gasteiger partial charge is 0.497 e. The van der Waals surface area contributed by atoms with Gasteiger partial charge in [0.2, 0.25) is 5.91 Å². The smallest absolute Gasteiger partial charge is 0.254 e. The number of amides is 2. The Morgan fingerprint density at radius 3 is 2.25 bits per heavy atom. The second kappa shape index (κ2) is 10.5. The molecule has 0 fully saturated rings. The topological polar surface area (TPSA) is 93.9 Å². The van der Waals surface area contributed by atoms with Crippen LogP contribution in [0.4, 0.5) is 5.69 Å². The minimum Gasteiger partial charge on any atom is -0.497 e. The Labute approximate surface area is 187 Å². The number of aryl methyl sites for hydroxylation is 2. The number of ether oxygens (including phenoxy) is 2. The lowest BCUT2D eigenvalue weighted by atomic mass is 10.2. The van der Waals surface area contributed by atoms with Crippen molar-refractivity contribution in [2.45, 2.75) is 27.4 Å². The highest BCUT2D eigenvalue weighted by molar-refractivity contribution is 5.99. The summed E-state index contributed by atoms with van der Waals surface area (Å²) >= 11 is 0. The lowest BCUT2D eigenvalue weighted by Crippen LogP contribution is -2.37. The molecule has 0 aliphatic rings. The SMILES string of the molecule is CCN(CC(=O)Nc1ccc(OC)cc1)C(=O)c1ccc(OCc2c(C)noc2C)cc1. The fourth-order valence-electron chi connectivity index (χ4n) is 3.12. The predicted octanol–water partition coefficient (Wildman–Crippen LogP) is 3.98. The average molecular weight is 437 g/mol. The van der Waals surface area contributed by atoms with Crippen LogP contribution in [-0.4, -0.2) is 42.1 Å². The normalized spacial score (nSPS) is 10.5. The molecule has 0 radical (unpaired) electrons. The third-order valence-corrected chi connectivity index (χ3v) is 5.04. The van der Waals surface area contributed by atoms with E-state index < -0.39 is 0 Å². The Balaban J connectivity index is 1.57. The maximum Gasteiger partial charge on any atom is 0.254 e. The minimum absolute atomic E-state index is 0.0499. The van der Waals surface area contributed by atoms with E-state index in [1.807, 2.05) is 20.8 Å². The van der Waals surface area contributed by atoms with Crippen molar-refractivity contribution in [2.24, 2.45) is 0 Å². The fraction of sp³-hybridized carbons (Fsp3) is 0.292. The number of anilines is 1. The number of methoxy groups -OCH3 is 1. The number of carbonyl (C=O) groups excluding carboxylic acids is 2. The summed E-state index contributed by atoms with van der Waals surface area (Å²) in [5, 5.41) is 6.70. The Bertz CT molecular complexity index is 1040. The van der Waals surface area contributed by atoms with Crippen LogP contribution in [0.15, 0.2) is 53.1 Å². The van der Waals surface area contributed by atoms with Crippen LogP contribution in [-0.2, 0) is 11.4 Å². The summed E-state index contributed by atoms with van der Waals surface area (Å²) in [6, 6.07) is 13.9. The monoisotopic (exact) mass is 437 g/mol. The zero-order valence-corrected chi connectivity index (χ0v) is 18.7. The molecule has 0 aliphatic heterocycles. The van der Waals surface area contributed by atoms with Gasteiger partial charge in [-0.15, -0.1) is 0 Å². The molecule has 0 unspecified atom stereocenters. The van der Waals surface area contributed by atoms with Gasteiger partial charge in [0.05, 0.1) is 18.4 Å². The first kappa shape index (κ1) is 22.9. The quantitative estimate of drug-likeness (QED) is 0.544. The second-order valence-corrected chi connectivity index (χ2v) is 7.21. The van der Waals surface area contributed by atoms with Crippen molar-refractivity contribution < 1.29 is 23.6 Å². The third-order valence-electron chi connectivity index (χ3n) is 5.04. The molecule has 0 saturated carbocycles. The van der Waals surface area contributed by atoms with E-state index in [9.17, 15) is 9.59 Å². The molecule has 32 heavy (non-hydrogen) atoms. The summed E-state index contributed by atoms with van der Waals surface area (Å²) in [5.74, 6) is 1.55. The molecule has 2 aromatic carbocycles. The Morgan fingerprint density at radius 2 is 1.69 bits per heavy atom. The molecule has 0 bridgehead atoms. The number of nitrogens with zero attached hydrogens (tertiary/aromatic N) is 2. The van der Waals surface area contributed by atoms with Crippen molar-refractivity contribution in [3.8, 4) is 11.5 Å². The van der Waals surface area contributed by atoms with Crippen molar-refractivity contribution >= 4 is 17.5 Å². The standard InChI is InChI=1S/C24H27N3O5/c1-5-27(14-23(28)25-19-8-12-20(30-4)13-9-19)24(29)18-6-10-21(11-7-18)31-15-22-16(2)26-32-17(22)3/h6-13H,5,14-15H2,1-4H3,(H,25,28). The minimum atomic E-state index is -0.273. The van der Waals surface area contributed by atoms with E-state index in [1.54, 1.807) is 55.6 Å². The molecular weight excluding hydrogens is 410 g/mol. The number of nitrogens with one attached hydrogen (secondary N) is 1. The fourth-order valence-corrected chi connectivity index (χ4v) is 3.12. The number of likely N-dealkylation sites (N-methyl/N-ethyl adjacent to an activating group) is 1. The number of carbonyl (C=O) groups is 2. The molecule has 0 saturated heterocycles. The Morgan fingerprint density at radius 1 is 1.03 bits per heavy atom. The van der Waals surface area contributed by atoms with Gasteiger partial charge in [-0.25, -0.2) is 0 Å². The summed E-state index contributed by atoms with van der Waals surface area (Å²) in [7, 11) is 1.58. The molecule has 2 amide bonds. The molecule has 0 aliphatic carbocycles. The van der Waals surface area contributed by atoms with Crippen LogP contribution in [0.3, 0.4) is 0 Å². The third kappa shape index (κ3) is 5.66. The van der Waals surface area contributed by atoms with Gasteiger partial charge in [0.15, 0.2) is 0 Å². The van der Waals surface area contributed by atoms with Crippen LogP contribution in [0.1, 0.15) is 34.3 Å². The van der Waals surface area contributed by atoms with Crippen LogP contribution in [0, 0.1) is 13.8 Å². The van der Waals surface area contributed by atoms with Gasteiger partial charge in [0.1, 0.15) is 30.4 Å². The first-order valence-electron chi connectivity index (χ1n) is 10.3. The van der Waals surface area contributed by atoms with E-state index in [0.717, 1.165) is 17.0 Å². The molecule has 0 spiro atoms. The first-order valence-corrected chi connectivity index (χ1v) is 10.3. The summed E-state index contributed by atoms with van der Waals surface area (Å²) in [5.41, 5.74) is 2.82. The number of benzene rings is 2. The molecule has 1 aromatic heterocycles. The van der Waals surface area contributed by atoms with E-state index in [0.29, 0.717) is 35.9 Å². The van der Waals surface area contributed by atoms with Gasteiger partial charge in [-0.2, -0.15) is 0 Å². The van der Waals surface area contributed by atoms with Crippen molar-refractivity contribution in [1.29, 1.82) is 0 Å². The number of hydrogen-bond acceptors (Lipinski definition) is 6. The Kier molecular flexibility index (Phi) is 7.49. The molecule has 1 heterocycles. The highest BCUT2D eigenvalue weighted by atomic mass is 16.5. The van der Waals surface area contributed by atoms with Gasteiger partial charge in [0.25, 0.3) is 5.91 Å². The summed E-state index contributed by atoms with van der Waals surface area (Å²) in [6.07, 6.45) is 0. The second-order valence-electron chi connectivity index (χ2n) is 7.21. The van der Waals surface area contributed by atoms with E-state index >= 15 is 0 Å². The lowest BCUT2D eigenvalue weighted by Gasteiger charge is -2.20. The van der Waals surface area contributed by atoms with Crippen LogP contribution in [0.25, 0.3) is 0 Å². The highest BCUT2D eigenvalue weighted by Gasteiger charge is 2.18. The Hall–Kier alpha value is -3.81. The van der Waals surface area contributed by atoms with E-state index in [-0.39, 0.29) is 18.4 Å². The van der Waals surface area contributed by atoms with Gasteiger partial charge < -0.3 is 24.2 Å². The van der Waals surface area contributed by atoms with Crippen molar-refractivity contribution in [2.75, 3.05) is 25.5 Å². The maximum absolute atomic E-state index is 12.9. The molecular formula is C24H27N3O5.